The number of alkyl carbamates (subject to hydrolysis) is 1. The van der Waals surface area contributed by atoms with Crippen LogP contribution in [0.4, 0.5) is 4.79 Å². The summed E-state index contributed by atoms with van der Waals surface area (Å²) in [7, 11) is 0. The van der Waals surface area contributed by atoms with Gasteiger partial charge in [-0.3, -0.25) is 4.79 Å². The lowest BCUT2D eigenvalue weighted by molar-refractivity contribution is -0.131. The Morgan fingerprint density at radius 3 is 2.38 bits per heavy atom. The van der Waals surface area contributed by atoms with Crippen LogP contribution in [0.15, 0.2) is 30.3 Å². The lowest BCUT2D eigenvalue weighted by atomic mass is 10.1. The molecule has 6 nitrogen and oxygen atoms in total. The van der Waals surface area contributed by atoms with Crippen LogP contribution in [0.3, 0.4) is 0 Å². The number of carbonyl (C=O) groups excluding carboxylic acids is 2. The van der Waals surface area contributed by atoms with Crippen molar-refractivity contribution in [2.45, 2.75) is 39.0 Å². The largest absolute Gasteiger partial charge is 0.434 e. The second-order valence-corrected chi connectivity index (χ2v) is 5.65. The monoisotopic (exact) mass is 294 g/mol. The molecule has 0 spiro atoms. The second-order valence-electron chi connectivity index (χ2n) is 5.65. The predicted molar refractivity (Wildman–Crippen MR) is 78.5 cm³/mol. The Kier molecular flexibility index (Phi) is 6.17. The molecule has 0 aliphatic carbocycles. The van der Waals surface area contributed by atoms with Gasteiger partial charge in [-0.1, -0.05) is 30.3 Å². The topological polar surface area (TPSA) is 87.7 Å². The summed E-state index contributed by atoms with van der Waals surface area (Å²) in [5, 5.41) is 14.3. The summed E-state index contributed by atoms with van der Waals surface area (Å²) in [6, 6.07) is 9.32. The lowest BCUT2D eigenvalue weighted by Crippen LogP contribution is -2.46. The van der Waals surface area contributed by atoms with E-state index in [0.717, 1.165) is 5.56 Å². The second kappa shape index (κ2) is 7.64. The van der Waals surface area contributed by atoms with Gasteiger partial charge in [0.25, 0.3) is 5.91 Å². The first-order valence-electron chi connectivity index (χ1n) is 6.73. The number of carbonyl (C=O) groups is 2. The molecule has 21 heavy (non-hydrogen) atoms. The van der Waals surface area contributed by atoms with Crippen LogP contribution in [0, 0.1) is 0 Å². The standard InChI is InChI=1S/C15H22N2O4/c1-15(2,3)17-14(20)21-12(10-18)13(19)16-9-11-7-5-4-6-8-11/h4-8,12,18H,9-10H2,1-3H3,(H,16,19)(H,17,20)/t12-/m1/s1. The highest BCUT2D eigenvalue weighted by Crippen LogP contribution is 2.02. The van der Waals surface area contributed by atoms with E-state index in [-0.39, 0.29) is 0 Å². The molecule has 2 amide bonds. The highest BCUT2D eigenvalue weighted by Gasteiger charge is 2.24. The first-order valence-corrected chi connectivity index (χ1v) is 6.73. The Bertz CT molecular complexity index is 468. The molecular formula is C15H22N2O4. The molecule has 0 bridgehead atoms. The Labute approximate surface area is 124 Å². The van der Waals surface area contributed by atoms with Gasteiger partial charge in [-0.05, 0) is 26.3 Å². The van der Waals surface area contributed by atoms with Crippen LogP contribution in [0.1, 0.15) is 26.3 Å². The average molecular weight is 294 g/mol. The molecule has 0 unspecified atom stereocenters. The van der Waals surface area contributed by atoms with Crippen LogP contribution < -0.4 is 10.6 Å². The molecule has 0 aromatic heterocycles. The molecule has 0 aliphatic heterocycles. The van der Waals surface area contributed by atoms with Gasteiger partial charge in [0.15, 0.2) is 0 Å². The SMILES string of the molecule is CC(C)(C)NC(=O)O[C@H](CO)C(=O)NCc1ccccc1. The average Bonchev–Trinajstić information content (AvgIpc) is 2.41. The van der Waals surface area contributed by atoms with E-state index in [4.69, 9.17) is 4.74 Å². The van der Waals surface area contributed by atoms with Gasteiger partial charge < -0.3 is 20.5 Å². The van der Waals surface area contributed by atoms with Gasteiger partial charge >= 0.3 is 6.09 Å². The van der Waals surface area contributed by atoms with Crippen molar-refractivity contribution in [2.24, 2.45) is 0 Å². The van der Waals surface area contributed by atoms with Gasteiger partial charge in [0.1, 0.15) is 0 Å². The fourth-order valence-corrected chi connectivity index (χ4v) is 1.54. The summed E-state index contributed by atoms with van der Waals surface area (Å²) >= 11 is 0. The Morgan fingerprint density at radius 1 is 1.24 bits per heavy atom. The normalized spacial score (nSPS) is 12.4. The number of nitrogens with one attached hydrogen (secondary N) is 2. The van der Waals surface area contributed by atoms with E-state index in [9.17, 15) is 14.7 Å². The molecule has 1 atom stereocenters. The van der Waals surface area contributed by atoms with E-state index < -0.39 is 30.3 Å². The van der Waals surface area contributed by atoms with Crippen LogP contribution in [-0.4, -0.2) is 35.4 Å². The zero-order valence-electron chi connectivity index (χ0n) is 12.6. The number of aliphatic hydroxyl groups is 1. The number of amides is 2. The third-order valence-electron chi connectivity index (χ3n) is 2.49. The number of hydrogen-bond acceptors (Lipinski definition) is 4. The van der Waals surface area contributed by atoms with Crippen molar-refractivity contribution in [1.29, 1.82) is 0 Å². The molecule has 116 valence electrons. The van der Waals surface area contributed by atoms with Crippen molar-refractivity contribution in [1.82, 2.24) is 10.6 Å². The Morgan fingerprint density at radius 2 is 1.86 bits per heavy atom. The molecule has 0 radical (unpaired) electrons. The fraction of sp³-hybridized carbons (Fsp3) is 0.467. The van der Waals surface area contributed by atoms with Crippen LogP contribution >= 0.6 is 0 Å². The minimum absolute atomic E-state index is 0.306. The molecule has 0 saturated heterocycles. The van der Waals surface area contributed by atoms with Crippen LogP contribution in [0.25, 0.3) is 0 Å². The summed E-state index contributed by atoms with van der Waals surface area (Å²) in [6.07, 6.45) is -1.97. The smallest absolute Gasteiger partial charge is 0.408 e. The molecule has 0 saturated carbocycles. The van der Waals surface area contributed by atoms with Crippen LogP contribution in [-0.2, 0) is 16.1 Å². The minimum atomic E-state index is -1.23. The molecule has 1 aromatic carbocycles. The fourth-order valence-electron chi connectivity index (χ4n) is 1.54. The summed E-state index contributed by atoms with van der Waals surface area (Å²) < 4.78 is 4.91. The third-order valence-corrected chi connectivity index (χ3v) is 2.49. The number of hydrogen-bond donors (Lipinski definition) is 3. The molecule has 1 aromatic rings. The van der Waals surface area contributed by atoms with Gasteiger partial charge in [-0.25, -0.2) is 4.79 Å². The number of benzene rings is 1. The quantitative estimate of drug-likeness (QED) is 0.761. The van der Waals surface area contributed by atoms with Crippen molar-refractivity contribution in [3.8, 4) is 0 Å². The number of rotatable bonds is 5. The highest BCUT2D eigenvalue weighted by molar-refractivity contribution is 5.83. The maximum absolute atomic E-state index is 11.9. The zero-order valence-corrected chi connectivity index (χ0v) is 12.6. The van der Waals surface area contributed by atoms with Crippen molar-refractivity contribution in [3.05, 3.63) is 35.9 Å². The Balaban J connectivity index is 2.48. The van der Waals surface area contributed by atoms with Gasteiger partial charge in [0.2, 0.25) is 6.10 Å². The van der Waals surface area contributed by atoms with E-state index in [1.165, 1.54) is 0 Å². The van der Waals surface area contributed by atoms with Crippen molar-refractivity contribution in [2.75, 3.05) is 6.61 Å². The summed E-state index contributed by atoms with van der Waals surface area (Å²) in [5.74, 6) is -0.537. The van der Waals surface area contributed by atoms with Crippen molar-refractivity contribution >= 4 is 12.0 Å². The first-order chi connectivity index (χ1) is 9.81. The summed E-state index contributed by atoms with van der Waals surface area (Å²) in [4.78, 5) is 23.5. The van der Waals surface area contributed by atoms with E-state index in [1.807, 2.05) is 30.3 Å². The van der Waals surface area contributed by atoms with Gasteiger partial charge in [-0.2, -0.15) is 0 Å². The van der Waals surface area contributed by atoms with Crippen molar-refractivity contribution < 1.29 is 19.4 Å². The number of aliphatic hydroxyl groups excluding tert-OH is 1. The van der Waals surface area contributed by atoms with E-state index in [0.29, 0.717) is 6.54 Å². The zero-order chi connectivity index (χ0) is 15.9. The molecule has 1 rings (SSSR count). The predicted octanol–water partition coefficient (Wildman–Crippen LogP) is 1.19. The Hall–Kier alpha value is -2.08. The van der Waals surface area contributed by atoms with Gasteiger partial charge in [-0.15, -0.1) is 0 Å². The van der Waals surface area contributed by atoms with Crippen LogP contribution in [0.5, 0.6) is 0 Å². The molecule has 3 N–H and O–H groups in total. The summed E-state index contributed by atoms with van der Waals surface area (Å²) in [5.41, 5.74) is 0.444. The maximum atomic E-state index is 11.9. The van der Waals surface area contributed by atoms with E-state index in [2.05, 4.69) is 10.6 Å². The van der Waals surface area contributed by atoms with Gasteiger partial charge in [0, 0.05) is 12.1 Å². The third kappa shape index (κ3) is 6.76. The highest BCUT2D eigenvalue weighted by atomic mass is 16.6. The van der Waals surface area contributed by atoms with E-state index >= 15 is 0 Å². The number of ether oxygens (including phenoxy) is 1. The molecular weight excluding hydrogens is 272 g/mol. The summed E-state index contributed by atoms with van der Waals surface area (Å²) in [6.45, 7) is 5.10. The first kappa shape index (κ1) is 17.0. The minimum Gasteiger partial charge on any atom is -0.434 e. The molecule has 0 fully saturated rings. The molecule has 0 aliphatic rings. The molecule has 0 heterocycles. The van der Waals surface area contributed by atoms with E-state index in [1.54, 1.807) is 20.8 Å². The van der Waals surface area contributed by atoms with Gasteiger partial charge in [0.05, 0.1) is 6.61 Å². The maximum Gasteiger partial charge on any atom is 0.408 e. The van der Waals surface area contributed by atoms with Crippen LogP contribution in [0.2, 0.25) is 0 Å². The van der Waals surface area contributed by atoms with Crippen molar-refractivity contribution in [3.63, 3.8) is 0 Å². The molecule has 6 heteroatoms. The lowest BCUT2D eigenvalue weighted by Gasteiger charge is -2.22.